The summed E-state index contributed by atoms with van der Waals surface area (Å²) in [7, 11) is 0. The summed E-state index contributed by atoms with van der Waals surface area (Å²) < 4.78 is 31.5. The number of hydrogen-bond donors (Lipinski definition) is 0. The van der Waals surface area contributed by atoms with E-state index in [1.54, 1.807) is 0 Å². The van der Waals surface area contributed by atoms with E-state index in [2.05, 4.69) is 15.9 Å². The Morgan fingerprint density at radius 2 is 2.08 bits per heavy atom. The quantitative estimate of drug-likeness (QED) is 0.679. The van der Waals surface area contributed by atoms with Crippen molar-refractivity contribution in [3.63, 3.8) is 0 Å². The maximum Gasteiger partial charge on any atom is 0.0638 e. The second kappa shape index (κ2) is 3.61. The second-order valence-corrected chi connectivity index (χ2v) is 4.00. The maximum atomic E-state index is 7.97. The van der Waals surface area contributed by atoms with Gasteiger partial charge < -0.3 is 0 Å². The molecule has 0 aromatic heterocycles. The molecule has 64 valence electrons. The van der Waals surface area contributed by atoms with E-state index in [-0.39, 0.29) is 30.1 Å². The lowest BCUT2D eigenvalue weighted by Gasteiger charge is -2.08. The van der Waals surface area contributed by atoms with Crippen molar-refractivity contribution in [3.05, 3.63) is 34.2 Å². The minimum absolute atomic E-state index is 0.0447. The van der Waals surface area contributed by atoms with Crippen molar-refractivity contribution in [2.45, 2.75) is 31.6 Å². The molecule has 1 heteroatoms. The van der Waals surface area contributed by atoms with E-state index in [1.165, 1.54) is 0 Å². The maximum absolute atomic E-state index is 7.97. The fourth-order valence-electron chi connectivity index (χ4n) is 1.75. The molecule has 0 spiro atoms. The molecule has 1 saturated carbocycles. The molecule has 0 amide bonds. The molecule has 2 rings (SSSR count). The highest BCUT2D eigenvalue weighted by Crippen LogP contribution is 2.34. The van der Waals surface area contributed by atoms with Crippen LogP contribution >= 0.6 is 15.9 Å². The molecule has 0 atom stereocenters. The first-order valence-electron chi connectivity index (χ1n) is 6.29. The van der Waals surface area contributed by atoms with Crippen LogP contribution in [0.3, 0.4) is 0 Å². The molecule has 1 fully saturated rings. The predicted molar refractivity (Wildman–Crippen MR) is 55.4 cm³/mol. The van der Waals surface area contributed by atoms with Gasteiger partial charge in [0.15, 0.2) is 0 Å². The normalized spacial score (nSPS) is 23.1. The van der Waals surface area contributed by atoms with Crippen molar-refractivity contribution >= 4 is 15.9 Å². The van der Waals surface area contributed by atoms with Gasteiger partial charge in [0.25, 0.3) is 0 Å². The van der Waals surface area contributed by atoms with Gasteiger partial charge in [-0.15, -0.1) is 0 Å². The minimum Gasteiger partial charge on any atom is -0.0609 e. The molecule has 0 unspecified atom stereocenters. The first kappa shape index (κ1) is 4.80. The van der Waals surface area contributed by atoms with Crippen molar-refractivity contribution in [1.82, 2.24) is 0 Å². The lowest BCUT2D eigenvalue weighted by molar-refractivity contribution is 0.723. The second-order valence-electron chi connectivity index (χ2n) is 3.21. The van der Waals surface area contributed by atoms with Gasteiger partial charge in [-0.3, -0.25) is 0 Å². The molecule has 1 aliphatic rings. The van der Waals surface area contributed by atoms with Crippen molar-refractivity contribution in [2.75, 3.05) is 0 Å². The summed E-state index contributed by atoms with van der Waals surface area (Å²) in [4.78, 5) is 0. The lowest BCUT2D eigenvalue weighted by Crippen LogP contribution is -1.90. The lowest BCUT2D eigenvalue weighted by atomic mass is 9.98. The summed E-state index contributed by atoms with van der Waals surface area (Å²) in [5, 5.41) is 0. The van der Waals surface area contributed by atoms with E-state index in [1.807, 2.05) is 0 Å². The molecule has 0 saturated heterocycles. The summed E-state index contributed by atoms with van der Waals surface area (Å²) in [5.41, 5.74) is 0.658. The summed E-state index contributed by atoms with van der Waals surface area (Å²) in [6, 6.07) is 0.199. The van der Waals surface area contributed by atoms with Crippen molar-refractivity contribution < 1.29 is 5.48 Å². The Kier molecular flexibility index (Phi) is 1.44. The Labute approximate surface area is 87.7 Å². The van der Waals surface area contributed by atoms with E-state index in [4.69, 9.17) is 5.48 Å². The Bertz CT molecular complexity index is 395. The van der Waals surface area contributed by atoms with E-state index in [0.29, 0.717) is 10.0 Å². The first-order chi connectivity index (χ1) is 7.54. The highest BCUT2D eigenvalue weighted by Gasteiger charge is 2.16. The largest absolute Gasteiger partial charge is 0.0638 e. The molecule has 0 aliphatic heterocycles. The topological polar surface area (TPSA) is 0 Å². The van der Waals surface area contributed by atoms with Crippen LogP contribution < -0.4 is 0 Å². The van der Waals surface area contributed by atoms with Crippen molar-refractivity contribution in [3.8, 4) is 0 Å². The van der Waals surface area contributed by atoms with Gasteiger partial charge in [-0.05, 0) is 36.4 Å². The molecule has 0 radical (unpaired) electrons. The highest BCUT2D eigenvalue weighted by atomic mass is 79.9. The van der Waals surface area contributed by atoms with Gasteiger partial charge in [0.1, 0.15) is 0 Å². The van der Waals surface area contributed by atoms with Crippen LogP contribution in [0.1, 0.15) is 42.6 Å². The smallest absolute Gasteiger partial charge is 0.0609 e. The van der Waals surface area contributed by atoms with Gasteiger partial charge >= 0.3 is 0 Å². The van der Waals surface area contributed by atoms with E-state index in [9.17, 15) is 0 Å². The summed E-state index contributed by atoms with van der Waals surface area (Å²) >= 11 is 3.18. The zero-order chi connectivity index (χ0) is 11.9. The molecule has 1 aromatic rings. The molecule has 0 N–H and O–H groups in total. The zero-order valence-corrected chi connectivity index (χ0v) is 8.37. The van der Waals surface area contributed by atoms with Gasteiger partial charge in [0.2, 0.25) is 0 Å². The Morgan fingerprint density at radius 3 is 2.83 bits per heavy atom. The fourth-order valence-corrected chi connectivity index (χ4v) is 2.07. The number of hydrogen-bond acceptors (Lipinski definition) is 0. The Hall–Kier alpha value is -0.300. The third-order valence-electron chi connectivity index (χ3n) is 2.38. The number of benzene rings is 1. The van der Waals surface area contributed by atoms with E-state index < -0.39 is 0 Å². The van der Waals surface area contributed by atoms with Crippen LogP contribution in [0.15, 0.2) is 28.6 Å². The predicted octanol–water partition coefficient (Wildman–Crippen LogP) is 4.11. The molecule has 0 nitrogen and oxygen atoms in total. The SMILES string of the molecule is [2H]c1c([2H])c(Br)c([2H])c(C2CCCC2)c1[2H]. The van der Waals surface area contributed by atoms with Gasteiger partial charge in [-0.2, -0.15) is 0 Å². The summed E-state index contributed by atoms with van der Waals surface area (Å²) in [6.07, 6.45) is 4.27. The van der Waals surface area contributed by atoms with Crippen molar-refractivity contribution in [2.24, 2.45) is 0 Å². The Morgan fingerprint density at radius 1 is 1.33 bits per heavy atom. The summed E-state index contributed by atoms with van der Waals surface area (Å²) in [5.74, 6) is 0.237. The molecule has 1 aromatic carbocycles. The van der Waals surface area contributed by atoms with Crippen LogP contribution in [-0.4, -0.2) is 0 Å². The van der Waals surface area contributed by atoms with Crippen LogP contribution in [0.25, 0.3) is 0 Å². The van der Waals surface area contributed by atoms with Crippen LogP contribution in [0.4, 0.5) is 0 Å². The third kappa shape index (κ3) is 1.71. The zero-order valence-electron chi connectivity index (χ0n) is 10.8. The van der Waals surface area contributed by atoms with Gasteiger partial charge in [-0.1, -0.05) is 40.9 Å². The number of rotatable bonds is 1. The molecule has 0 heterocycles. The van der Waals surface area contributed by atoms with Gasteiger partial charge in [-0.25, -0.2) is 0 Å². The monoisotopic (exact) mass is 228 g/mol. The average molecular weight is 229 g/mol. The molecule has 12 heavy (non-hydrogen) atoms. The molecular formula is C11H13Br. The van der Waals surface area contributed by atoms with Gasteiger partial charge in [0.05, 0.1) is 5.48 Å². The molecule has 0 bridgehead atoms. The van der Waals surface area contributed by atoms with Crippen LogP contribution in [-0.2, 0) is 0 Å². The number of halogens is 1. The van der Waals surface area contributed by atoms with Crippen LogP contribution in [0, 0.1) is 0 Å². The third-order valence-corrected chi connectivity index (χ3v) is 2.77. The Balaban J connectivity index is 2.59. The van der Waals surface area contributed by atoms with Crippen molar-refractivity contribution in [1.29, 1.82) is 0 Å². The van der Waals surface area contributed by atoms with E-state index in [0.717, 1.165) is 25.7 Å². The standard InChI is InChI=1S/C11H13Br/c12-11-7-3-6-10(8-11)9-4-1-2-5-9/h3,6-9H,1-2,4-5H2/i3D,6D,7D,8D. The summed E-state index contributed by atoms with van der Waals surface area (Å²) in [6.45, 7) is 0. The highest BCUT2D eigenvalue weighted by molar-refractivity contribution is 9.10. The molecule has 1 aliphatic carbocycles. The average Bonchev–Trinajstić information content (AvgIpc) is 2.77. The minimum atomic E-state index is -0.0650. The first-order valence-corrected chi connectivity index (χ1v) is 5.09. The van der Waals surface area contributed by atoms with Crippen LogP contribution in [0.5, 0.6) is 0 Å². The van der Waals surface area contributed by atoms with Crippen LogP contribution in [0.2, 0.25) is 0 Å². The fraction of sp³-hybridized carbons (Fsp3) is 0.455. The molecular weight excluding hydrogens is 212 g/mol. The van der Waals surface area contributed by atoms with Gasteiger partial charge in [0, 0.05) is 4.47 Å². The van der Waals surface area contributed by atoms with E-state index >= 15 is 0 Å².